The Morgan fingerprint density at radius 2 is 1.68 bits per heavy atom. The normalized spacial score (nSPS) is 17.7. The van der Waals surface area contributed by atoms with Crippen molar-refractivity contribution < 1.29 is 24.3 Å². The Morgan fingerprint density at radius 3 is 2.27 bits per heavy atom. The summed E-state index contributed by atoms with van der Waals surface area (Å²) < 4.78 is 0. The molecule has 2 aromatic rings. The number of nitrogens with one attached hydrogen (secondary N) is 4. The molecule has 14 heteroatoms. The maximum atomic E-state index is 13.4. The van der Waals surface area contributed by atoms with Gasteiger partial charge in [0.1, 0.15) is 18.1 Å². The molecule has 1 saturated heterocycles. The van der Waals surface area contributed by atoms with Crippen LogP contribution in [0.25, 0.3) is 0 Å². The minimum absolute atomic E-state index is 0.0829. The first-order chi connectivity index (χ1) is 17.8. The molecule has 4 unspecified atom stereocenters. The van der Waals surface area contributed by atoms with Gasteiger partial charge in [-0.25, -0.2) is 14.8 Å². The Morgan fingerprint density at radius 1 is 1.03 bits per heavy atom. The molecule has 2 aromatic heterocycles. The number of hydrogen-bond donors (Lipinski definition) is 7. The molecule has 0 spiro atoms. The third kappa shape index (κ3) is 7.85. The van der Waals surface area contributed by atoms with Gasteiger partial charge in [0.05, 0.1) is 18.7 Å². The van der Waals surface area contributed by atoms with Crippen LogP contribution >= 0.6 is 0 Å². The molecule has 37 heavy (non-hydrogen) atoms. The van der Waals surface area contributed by atoms with Crippen LogP contribution in [-0.4, -0.2) is 90.9 Å². The van der Waals surface area contributed by atoms with E-state index < -0.39 is 47.9 Å². The van der Waals surface area contributed by atoms with Crippen LogP contribution in [0.5, 0.6) is 0 Å². The lowest BCUT2D eigenvalue weighted by atomic mass is 10.0. The van der Waals surface area contributed by atoms with Crippen LogP contribution in [0.15, 0.2) is 25.0 Å². The lowest BCUT2D eigenvalue weighted by Gasteiger charge is -2.29. The van der Waals surface area contributed by atoms with Gasteiger partial charge in [-0.3, -0.25) is 14.4 Å². The number of carbonyl (C=O) groups is 4. The molecule has 4 atom stereocenters. The summed E-state index contributed by atoms with van der Waals surface area (Å²) >= 11 is 0. The average Bonchev–Trinajstić information content (AvgIpc) is 3.65. The largest absolute Gasteiger partial charge is 0.480 e. The van der Waals surface area contributed by atoms with E-state index in [-0.39, 0.29) is 19.3 Å². The van der Waals surface area contributed by atoms with Crippen LogP contribution < -0.4 is 22.1 Å². The Balaban J connectivity index is 1.73. The van der Waals surface area contributed by atoms with Gasteiger partial charge >= 0.3 is 5.97 Å². The number of imidazole rings is 2. The highest BCUT2D eigenvalue weighted by atomic mass is 16.4. The van der Waals surface area contributed by atoms with Crippen LogP contribution in [0.2, 0.25) is 0 Å². The van der Waals surface area contributed by atoms with Gasteiger partial charge in [-0.15, -0.1) is 0 Å². The summed E-state index contributed by atoms with van der Waals surface area (Å²) in [6, 6.07) is -3.89. The lowest BCUT2D eigenvalue weighted by Crippen LogP contribution is -2.57. The fourth-order valence-electron chi connectivity index (χ4n) is 4.34. The lowest BCUT2D eigenvalue weighted by molar-refractivity contribution is -0.149. The van der Waals surface area contributed by atoms with Crippen molar-refractivity contribution in [2.45, 2.75) is 69.1 Å². The van der Waals surface area contributed by atoms with Crippen LogP contribution in [0.4, 0.5) is 0 Å². The summed E-state index contributed by atoms with van der Waals surface area (Å²) in [5, 5.41) is 14.9. The van der Waals surface area contributed by atoms with E-state index in [2.05, 4.69) is 30.6 Å². The molecule has 3 heterocycles. The number of likely N-dealkylation sites (tertiary alicyclic amines) is 1. The Labute approximate surface area is 214 Å². The molecule has 0 saturated carbocycles. The maximum absolute atomic E-state index is 13.4. The first-order valence-electron chi connectivity index (χ1n) is 12.3. The Hall–Kier alpha value is -3.78. The number of aliphatic carboxylic acids is 1. The molecule has 0 aliphatic carbocycles. The maximum Gasteiger partial charge on any atom is 0.326 e. The molecule has 1 aliphatic heterocycles. The molecule has 3 amide bonds. The van der Waals surface area contributed by atoms with Crippen LogP contribution in [0, 0.1) is 0 Å². The highest BCUT2D eigenvalue weighted by molar-refractivity contribution is 5.94. The summed E-state index contributed by atoms with van der Waals surface area (Å²) in [5.41, 5.74) is 12.9. The topological polar surface area (TPSA) is 225 Å². The number of aromatic nitrogens is 4. The van der Waals surface area contributed by atoms with Crippen molar-refractivity contribution in [3.63, 3.8) is 0 Å². The van der Waals surface area contributed by atoms with Crippen molar-refractivity contribution in [3.8, 4) is 0 Å². The number of unbranched alkanes of at least 4 members (excludes halogenated alkanes) is 1. The second-order valence-corrected chi connectivity index (χ2v) is 9.10. The van der Waals surface area contributed by atoms with Gasteiger partial charge in [0, 0.05) is 43.2 Å². The van der Waals surface area contributed by atoms with Gasteiger partial charge in [0.15, 0.2) is 0 Å². The molecule has 3 rings (SSSR count). The second-order valence-electron chi connectivity index (χ2n) is 9.10. The van der Waals surface area contributed by atoms with E-state index in [1.165, 1.54) is 23.8 Å². The minimum atomic E-state index is -1.08. The molecule has 0 radical (unpaired) electrons. The van der Waals surface area contributed by atoms with Crippen LogP contribution in [0.1, 0.15) is 43.5 Å². The molecule has 14 nitrogen and oxygen atoms in total. The number of nitrogens with two attached hydrogens (primary N) is 2. The zero-order chi connectivity index (χ0) is 26.8. The SMILES string of the molecule is NCCCCC(NC(=O)C(Cc1cnc[nH]1)NC(=O)C(N)Cc1cnc[nH]1)C(=O)N1CCCC1C(=O)O. The second kappa shape index (κ2) is 13.5. The minimum Gasteiger partial charge on any atom is -0.480 e. The number of hydrogen-bond acceptors (Lipinski definition) is 8. The molecule has 0 bridgehead atoms. The van der Waals surface area contributed by atoms with E-state index in [1.54, 1.807) is 6.20 Å². The number of H-pyrrole nitrogens is 2. The first kappa shape index (κ1) is 27.8. The number of carboxylic acid groups (broad SMARTS) is 1. The van der Waals surface area contributed by atoms with Crippen molar-refractivity contribution in [1.82, 2.24) is 35.5 Å². The molecule has 202 valence electrons. The number of amides is 3. The predicted octanol–water partition coefficient (Wildman–Crippen LogP) is -1.58. The van der Waals surface area contributed by atoms with Crippen molar-refractivity contribution in [3.05, 3.63) is 36.4 Å². The first-order valence-corrected chi connectivity index (χ1v) is 12.3. The van der Waals surface area contributed by atoms with Crippen LogP contribution in [-0.2, 0) is 32.0 Å². The number of aromatic amines is 2. The van der Waals surface area contributed by atoms with Gasteiger partial charge in [0.2, 0.25) is 17.7 Å². The summed E-state index contributed by atoms with van der Waals surface area (Å²) in [4.78, 5) is 66.1. The van der Waals surface area contributed by atoms with E-state index >= 15 is 0 Å². The molecule has 1 fully saturated rings. The van der Waals surface area contributed by atoms with E-state index in [9.17, 15) is 24.3 Å². The number of carbonyl (C=O) groups excluding carboxylic acids is 3. The smallest absolute Gasteiger partial charge is 0.326 e. The van der Waals surface area contributed by atoms with Crippen molar-refractivity contribution in [2.24, 2.45) is 11.5 Å². The zero-order valence-corrected chi connectivity index (χ0v) is 20.6. The average molecular weight is 518 g/mol. The fraction of sp³-hybridized carbons (Fsp3) is 0.565. The highest BCUT2D eigenvalue weighted by Crippen LogP contribution is 2.20. The van der Waals surface area contributed by atoms with E-state index in [0.29, 0.717) is 50.2 Å². The van der Waals surface area contributed by atoms with Gasteiger partial charge in [-0.1, -0.05) is 0 Å². The van der Waals surface area contributed by atoms with Gasteiger partial charge in [-0.2, -0.15) is 0 Å². The zero-order valence-electron chi connectivity index (χ0n) is 20.6. The number of carboxylic acids is 1. The quantitative estimate of drug-likeness (QED) is 0.143. The Kier molecular flexibility index (Phi) is 10.1. The number of rotatable bonds is 14. The predicted molar refractivity (Wildman–Crippen MR) is 132 cm³/mol. The summed E-state index contributed by atoms with van der Waals surface area (Å²) in [6.07, 6.45) is 8.70. The molecule has 9 N–H and O–H groups in total. The van der Waals surface area contributed by atoms with Crippen LogP contribution in [0.3, 0.4) is 0 Å². The third-order valence-electron chi connectivity index (χ3n) is 6.33. The fourth-order valence-corrected chi connectivity index (χ4v) is 4.34. The standard InChI is InChI=1S/C23H35N9O5/c24-6-2-1-4-17(22(35)32-7-3-5-19(32)23(36)37)30-21(34)18(9-15-11-27-13-29-15)31-20(33)16(25)8-14-10-26-12-28-14/h10-13,16-19H,1-9,24-25H2,(H,26,28)(H,27,29)(H,30,34)(H,31,33)(H,36,37). The molecule has 0 aromatic carbocycles. The van der Waals surface area contributed by atoms with E-state index in [1.807, 2.05) is 0 Å². The number of nitrogens with zero attached hydrogens (tertiary/aromatic N) is 3. The van der Waals surface area contributed by atoms with Crippen molar-refractivity contribution in [2.75, 3.05) is 13.1 Å². The summed E-state index contributed by atoms with van der Waals surface area (Å²) in [6.45, 7) is 0.721. The third-order valence-corrected chi connectivity index (χ3v) is 6.33. The highest BCUT2D eigenvalue weighted by Gasteiger charge is 2.38. The van der Waals surface area contributed by atoms with Crippen molar-refractivity contribution >= 4 is 23.7 Å². The van der Waals surface area contributed by atoms with Crippen molar-refractivity contribution in [1.29, 1.82) is 0 Å². The summed E-state index contributed by atoms with van der Waals surface area (Å²) in [7, 11) is 0. The molecular formula is C23H35N9O5. The van der Waals surface area contributed by atoms with Gasteiger partial charge in [-0.05, 0) is 38.6 Å². The molecular weight excluding hydrogens is 482 g/mol. The monoisotopic (exact) mass is 517 g/mol. The Bertz CT molecular complexity index is 1030. The summed E-state index contributed by atoms with van der Waals surface area (Å²) in [5.74, 6) is -2.68. The van der Waals surface area contributed by atoms with E-state index in [4.69, 9.17) is 11.5 Å². The van der Waals surface area contributed by atoms with Gasteiger partial charge < -0.3 is 42.1 Å². The molecule has 1 aliphatic rings. The van der Waals surface area contributed by atoms with Gasteiger partial charge in [0.25, 0.3) is 0 Å². The van der Waals surface area contributed by atoms with E-state index in [0.717, 1.165) is 0 Å².